The number of nitrogens with one attached hydrogen (secondary N) is 1. The van der Waals surface area contributed by atoms with Gasteiger partial charge in [-0.1, -0.05) is 55.5 Å². The third-order valence-corrected chi connectivity index (χ3v) is 6.29. The molecule has 0 saturated carbocycles. The lowest BCUT2D eigenvalue weighted by molar-refractivity contribution is -0.142. The van der Waals surface area contributed by atoms with Gasteiger partial charge in [0.1, 0.15) is 12.6 Å². The highest BCUT2D eigenvalue weighted by Gasteiger charge is 2.38. The number of nitrogens with zero attached hydrogens (tertiary/aromatic N) is 1. The first-order valence-electron chi connectivity index (χ1n) is 10.5. The fraction of sp³-hybridized carbons (Fsp3) is 0.375. The quantitative estimate of drug-likeness (QED) is 0.772. The van der Waals surface area contributed by atoms with E-state index in [1.807, 2.05) is 43.3 Å². The van der Waals surface area contributed by atoms with Crippen LogP contribution in [0.2, 0.25) is 0 Å². The van der Waals surface area contributed by atoms with Gasteiger partial charge in [0.15, 0.2) is 0 Å². The Bertz CT molecular complexity index is 975. The van der Waals surface area contributed by atoms with Crippen LogP contribution in [-0.2, 0) is 14.3 Å². The first-order valence-corrected chi connectivity index (χ1v) is 10.5. The van der Waals surface area contributed by atoms with Gasteiger partial charge in [-0.05, 0) is 35.1 Å². The zero-order valence-corrected chi connectivity index (χ0v) is 17.6. The van der Waals surface area contributed by atoms with E-state index in [1.54, 1.807) is 6.92 Å². The molecule has 1 aliphatic heterocycles. The Kier molecular flexibility index (Phi) is 5.67. The zero-order chi connectivity index (χ0) is 22.1. The first kappa shape index (κ1) is 20.9. The highest BCUT2D eigenvalue weighted by atomic mass is 16.5. The Labute approximate surface area is 181 Å². The van der Waals surface area contributed by atoms with Crippen LogP contribution in [0.4, 0.5) is 4.79 Å². The highest BCUT2D eigenvalue weighted by Crippen LogP contribution is 2.44. The summed E-state index contributed by atoms with van der Waals surface area (Å²) in [5, 5.41) is 11.8. The fourth-order valence-corrected chi connectivity index (χ4v) is 4.62. The van der Waals surface area contributed by atoms with Crippen molar-refractivity contribution in [3.05, 3.63) is 59.7 Å². The predicted octanol–water partition coefficient (Wildman–Crippen LogP) is 3.09. The maximum atomic E-state index is 12.6. The van der Waals surface area contributed by atoms with E-state index in [1.165, 1.54) is 4.90 Å². The molecule has 31 heavy (non-hydrogen) atoms. The van der Waals surface area contributed by atoms with Crippen LogP contribution < -0.4 is 5.32 Å². The van der Waals surface area contributed by atoms with Gasteiger partial charge in [0.2, 0.25) is 5.91 Å². The van der Waals surface area contributed by atoms with E-state index in [4.69, 9.17) is 4.74 Å². The molecule has 0 radical (unpaired) electrons. The Morgan fingerprint density at radius 1 is 1.06 bits per heavy atom. The van der Waals surface area contributed by atoms with Crippen LogP contribution in [0.15, 0.2) is 48.5 Å². The summed E-state index contributed by atoms with van der Waals surface area (Å²) in [5.41, 5.74) is 4.52. The van der Waals surface area contributed by atoms with Gasteiger partial charge in [0, 0.05) is 19.0 Å². The van der Waals surface area contributed by atoms with E-state index < -0.39 is 24.0 Å². The summed E-state index contributed by atoms with van der Waals surface area (Å²) in [7, 11) is 0. The molecule has 1 fully saturated rings. The standard InChI is InChI=1S/C24H26N2O5/c1-14-11-26(12-20(14)23(28)29)22(27)15(2)25-24(30)31-13-21-18-9-5-3-7-16(18)17-8-4-6-10-19(17)21/h3-10,14-15,20-21H,11-13H2,1-2H3,(H,25,30)(H,28,29). The smallest absolute Gasteiger partial charge is 0.407 e. The second-order valence-corrected chi connectivity index (χ2v) is 8.36. The molecule has 2 N–H and O–H groups in total. The van der Waals surface area contributed by atoms with Gasteiger partial charge in [-0.3, -0.25) is 9.59 Å². The molecule has 162 valence electrons. The van der Waals surface area contributed by atoms with Crippen LogP contribution in [0.5, 0.6) is 0 Å². The van der Waals surface area contributed by atoms with Crippen molar-refractivity contribution in [3.8, 4) is 11.1 Å². The van der Waals surface area contributed by atoms with Crippen molar-refractivity contribution in [2.75, 3.05) is 19.7 Å². The van der Waals surface area contributed by atoms with Crippen LogP contribution in [-0.4, -0.2) is 53.7 Å². The van der Waals surface area contributed by atoms with Crippen LogP contribution in [0.25, 0.3) is 11.1 Å². The van der Waals surface area contributed by atoms with E-state index in [2.05, 4.69) is 17.4 Å². The number of likely N-dealkylation sites (tertiary alicyclic amines) is 1. The van der Waals surface area contributed by atoms with Gasteiger partial charge in [-0.2, -0.15) is 0 Å². The molecule has 1 heterocycles. The van der Waals surface area contributed by atoms with Crippen LogP contribution in [0.1, 0.15) is 30.9 Å². The topological polar surface area (TPSA) is 95.9 Å². The number of carbonyl (C=O) groups is 3. The second kappa shape index (κ2) is 8.41. The summed E-state index contributed by atoms with van der Waals surface area (Å²) in [6, 6.07) is 15.4. The molecule has 7 nitrogen and oxygen atoms in total. The number of benzene rings is 2. The fourth-order valence-electron chi connectivity index (χ4n) is 4.62. The van der Waals surface area contributed by atoms with Gasteiger partial charge < -0.3 is 20.1 Å². The molecule has 0 bridgehead atoms. The molecule has 3 unspecified atom stereocenters. The Hall–Kier alpha value is -3.35. The predicted molar refractivity (Wildman–Crippen MR) is 115 cm³/mol. The van der Waals surface area contributed by atoms with Crippen molar-refractivity contribution in [1.29, 1.82) is 0 Å². The molecule has 2 aliphatic rings. The van der Waals surface area contributed by atoms with Crippen molar-refractivity contribution in [3.63, 3.8) is 0 Å². The molecule has 2 amide bonds. The maximum absolute atomic E-state index is 12.6. The highest BCUT2D eigenvalue weighted by molar-refractivity contribution is 5.86. The van der Waals surface area contributed by atoms with Gasteiger partial charge in [0.25, 0.3) is 0 Å². The minimum atomic E-state index is -0.903. The normalized spacial score (nSPS) is 20.6. The van der Waals surface area contributed by atoms with E-state index in [0.29, 0.717) is 6.54 Å². The van der Waals surface area contributed by atoms with Crippen molar-refractivity contribution >= 4 is 18.0 Å². The van der Waals surface area contributed by atoms with Crippen molar-refractivity contribution in [1.82, 2.24) is 10.2 Å². The summed E-state index contributed by atoms with van der Waals surface area (Å²) in [5.74, 6) is -1.96. The lowest BCUT2D eigenvalue weighted by Gasteiger charge is -2.22. The van der Waals surface area contributed by atoms with E-state index >= 15 is 0 Å². The number of alkyl carbamates (subject to hydrolysis) is 1. The Morgan fingerprint density at radius 2 is 1.65 bits per heavy atom. The summed E-state index contributed by atoms with van der Waals surface area (Å²) in [6.07, 6.45) is -0.662. The molecule has 2 aromatic carbocycles. The summed E-state index contributed by atoms with van der Waals surface area (Å²) in [4.78, 5) is 37.8. The number of hydrogen-bond donors (Lipinski definition) is 2. The largest absolute Gasteiger partial charge is 0.481 e. The van der Waals surface area contributed by atoms with Gasteiger partial charge in [-0.15, -0.1) is 0 Å². The average Bonchev–Trinajstić information content (AvgIpc) is 3.30. The molecule has 3 atom stereocenters. The lowest BCUT2D eigenvalue weighted by Crippen LogP contribution is -2.46. The molecular formula is C24H26N2O5. The van der Waals surface area contributed by atoms with E-state index in [-0.39, 0.29) is 30.9 Å². The van der Waals surface area contributed by atoms with Crippen LogP contribution in [0, 0.1) is 11.8 Å². The third-order valence-electron chi connectivity index (χ3n) is 6.29. The number of fused-ring (bicyclic) bond motifs is 3. The summed E-state index contributed by atoms with van der Waals surface area (Å²) >= 11 is 0. The number of ether oxygens (including phenoxy) is 1. The van der Waals surface area contributed by atoms with E-state index in [9.17, 15) is 19.5 Å². The summed E-state index contributed by atoms with van der Waals surface area (Å²) < 4.78 is 5.49. The number of carboxylic acid groups (broad SMARTS) is 1. The lowest BCUT2D eigenvalue weighted by atomic mass is 9.98. The van der Waals surface area contributed by atoms with Crippen LogP contribution in [0.3, 0.4) is 0 Å². The molecule has 4 rings (SSSR count). The Morgan fingerprint density at radius 3 is 2.19 bits per heavy atom. The molecule has 7 heteroatoms. The SMILES string of the molecule is CC(NC(=O)OCC1c2ccccc2-c2ccccc21)C(=O)N1CC(C)C(C(=O)O)C1. The second-order valence-electron chi connectivity index (χ2n) is 8.36. The molecular weight excluding hydrogens is 396 g/mol. The zero-order valence-electron chi connectivity index (χ0n) is 17.6. The third kappa shape index (κ3) is 4.00. The number of carboxylic acids is 1. The number of rotatable bonds is 5. The molecule has 1 aliphatic carbocycles. The molecule has 0 aromatic heterocycles. The number of carbonyl (C=O) groups excluding carboxylic acids is 2. The van der Waals surface area contributed by atoms with Crippen LogP contribution >= 0.6 is 0 Å². The molecule has 0 spiro atoms. The Balaban J connectivity index is 1.36. The number of hydrogen-bond acceptors (Lipinski definition) is 4. The first-order chi connectivity index (χ1) is 14.9. The van der Waals surface area contributed by atoms with Crippen molar-refractivity contribution in [2.45, 2.75) is 25.8 Å². The van der Waals surface area contributed by atoms with Gasteiger partial charge in [-0.25, -0.2) is 4.79 Å². The monoisotopic (exact) mass is 422 g/mol. The number of amides is 2. The minimum Gasteiger partial charge on any atom is -0.481 e. The molecule has 2 aromatic rings. The van der Waals surface area contributed by atoms with Gasteiger partial charge >= 0.3 is 12.1 Å². The minimum absolute atomic E-state index is 0.0556. The van der Waals surface area contributed by atoms with E-state index in [0.717, 1.165) is 22.3 Å². The average molecular weight is 422 g/mol. The maximum Gasteiger partial charge on any atom is 0.407 e. The summed E-state index contributed by atoms with van der Waals surface area (Å²) in [6.45, 7) is 4.10. The van der Waals surface area contributed by atoms with Crippen molar-refractivity contribution in [2.24, 2.45) is 11.8 Å². The molecule has 1 saturated heterocycles. The van der Waals surface area contributed by atoms with Gasteiger partial charge in [0.05, 0.1) is 5.92 Å². The number of aliphatic carboxylic acids is 1. The van der Waals surface area contributed by atoms with Crippen molar-refractivity contribution < 1.29 is 24.2 Å².